The highest BCUT2D eigenvalue weighted by Crippen LogP contribution is 2.32. The van der Waals surface area contributed by atoms with Crippen LogP contribution in [0.5, 0.6) is 0 Å². The number of amides is 1. The Kier molecular flexibility index (Phi) is 6.78. The van der Waals surface area contributed by atoms with Gasteiger partial charge in [-0.05, 0) is 38.7 Å². The Labute approximate surface area is 227 Å². The van der Waals surface area contributed by atoms with Crippen LogP contribution in [0.2, 0.25) is 0 Å². The molecular formula is C29H26F2N6OS. The fourth-order valence-electron chi connectivity index (χ4n) is 5.13. The van der Waals surface area contributed by atoms with E-state index in [0.29, 0.717) is 34.0 Å². The number of hydrogen-bond donors (Lipinski definition) is 3. The third-order valence-corrected chi connectivity index (χ3v) is 7.73. The molecule has 0 saturated heterocycles. The molecular weight excluding hydrogens is 518 g/mol. The van der Waals surface area contributed by atoms with Gasteiger partial charge in [-0.25, -0.2) is 23.7 Å². The van der Waals surface area contributed by atoms with Gasteiger partial charge in [-0.2, -0.15) is 0 Å². The molecule has 3 heterocycles. The molecule has 0 radical (unpaired) electrons. The first kappa shape index (κ1) is 25.1. The highest BCUT2D eigenvalue weighted by Gasteiger charge is 2.25. The van der Waals surface area contributed by atoms with E-state index in [-0.39, 0.29) is 23.5 Å². The van der Waals surface area contributed by atoms with Crippen molar-refractivity contribution < 1.29 is 13.6 Å². The molecule has 3 N–H and O–H groups in total. The Morgan fingerprint density at radius 3 is 2.67 bits per heavy atom. The standard InChI is InChI=1S/C29H26F2N6OS/c1-16-33-25(15-39-16)29(38)35-20-9-5-8-19(12-20)34-26-13-24(17-6-3-2-4-7-17)36-28(37-26)22-14-32-27-21(22)10-18(30)11-23(27)31/h2-4,6-7,10-11,13-15,19-20,32H,5,8-9,12H2,1H3,(H,35,38)(H,34,36,37)/t19-,20+/m0/s1. The Balaban J connectivity index is 1.29. The molecule has 1 aliphatic rings. The van der Waals surface area contributed by atoms with Gasteiger partial charge in [-0.15, -0.1) is 11.3 Å². The van der Waals surface area contributed by atoms with Crippen molar-refractivity contribution in [2.24, 2.45) is 0 Å². The zero-order chi connectivity index (χ0) is 26.9. The van der Waals surface area contributed by atoms with Gasteiger partial charge in [0.25, 0.3) is 5.91 Å². The first-order valence-electron chi connectivity index (χ1n) is 12.8. The van der Waals surface area contributed by atoms with Crippen LogP contribution >= 0.6 is 11.3 Å². The number of rotatable bonds is 6. The van der Waals surface area contributed by atoms with E-state index in [4.69, 9.17) is 9.97 Å². The lowest BCUT2D eigenvalue weighted by Crippen LogP contribution is -2.42. The molecule has 1 fully saturated rings. The average Bonchev–Trinajstić information content (AvgIpc) is 3.56. The number of hydrogen-bond acceptors (Lipinski definition) is 6. The SMILES string of the molecule is Cc1nc(C(=O)N[C@@H]2CCC[C@H](Nc3cc(-c4ccccc4)nc(-c4c[nH]c5c(F)cc(F)cc45)n3)C2)cs1. The van der Waals surface area contributed by atoms with Crippen LogP contribution in [0.4, 0.5) is 14.6 Å². The highest BCUT2D eigenvalue weighted by atomic mass is 32.1. The molecule has 1 aliphatic carbocycles. The van der Waals surface area contributed by atoms with E-state index in [9.17, 15) is 13.6 Å². The second kappa shape index (κ2) is 10.5. The van der Waals surface area contributed by atoms with Crippen molar-refractivity contribution in [3.63, 3.8) is 0 Å². The summed E-state index contributed by atoms with van der Waals surface area (Å²) in [6, 6.07) is 13.8. The van der Waals surface area contributed by atoms with Crippen molar-refractivity contribution in [1.82, 2.24) is 25.3 Å². The largest absolute Gasteiger partial charge is 0.367 e. The predicted molar refractivity (Wildman–Crippen MR) is 149 cm³/mol. The number of nitrogens with zero attached hydrogens (tertiary/aromatic N) is 3. The van der Waals surface area contributed by atoms with Crippen LogP contribution in [0.3, 0.4) is 0 Å². The first-order valence-corrected chi connectivity index (χ1v) is 13.7. The van der Waals surface area contributed by atoms with E-state index in [1.807, 2.05) is 43.3 Å². The highest BCUT2D eigenvalue weighted by molar-refractivity contribution is 7.09. The molecule has 7 nitrogen and oxygen atoms in total. The van der Waals surface area contributed by atoms with Crippen molar-refractivity contribution >= 4 is 34.0 Å². The van der Waals surface area contributed by atoms with Crippen LogP contribution in [-0.4, -0.2) is 37.9 Å². The summed E-state index contributed by atoms with van der Waals surface area (Å²) in [6.07, 6.45) is 5.10. The minimum Gasteiger partial charge on any atom is -0.367 e. The van der Waals surface area contributed by atoms with Gasteiger partial charge in [0.05, 0.1) is 16.2 Å². The molecule has 0 aliphatic heterocycles. The topological polar surface area (TPSA) is 95.6 Å². The summed E-state index contributed by atoms with van der Waals surface area (Å²) < 4.78 is 28.5. The number of fused-ring (bicyclic) bond motifs is 1. The summed E-state index contributed by atoms with van der Waals surface area (Å²) in [5.74, 6) is -0.523. The van der Waals surface area contributed by atoms with Crippen LogP contribution in [0.1, 0.15) is 41.2 Å². The summed E-state index contributed by atoms with van der Waals surface area (Å²) in [5.41, 5.74) is 2.75. The quantitative estimate of drug-likeness (QED) is 0.227. The Hall–Kier alpha value is -4.18. The van der Waals surface area contributed by atoms with Gasteiger partial charge >= 0.3 is 0 Å². The number of benzene rings is 2. The van der Waals surface area contributed by atoms with Crippen molar-refractivity contribution in [2.75, 3.05) is 5.32 Å². The van der Waals surface area contributed by atoms with E-state index in [2.05, 4.69) is 20.6 Å². The maximum atomic E-state index is 14.4. The molecule has 1 amide bonds. The summed E-state index contributed by atoms with van der Waals surface area (Å²) in [5, 5.41) is 9.67. The third kappa shape index (κ3) is 5.37. The van der Waals surface area contributed by atoms with Crippen LogP contribution in [0.25, 0.3) is 33.5 Å². The molecule has 0 spiro atoms. The average molecular weight is 545 g/mol. The lowest BCUT2D eigenvalue weighted by atomic mass is 9.91. The van der Waals surface area contributed by atoms with E-state index in [0.717, 1.165) is 42.3 Å². The lowest BCUT2D eigenvalue weighted by molar-refractivity contribution is 0.0922. The molecule has 2 atom stereocenters. The monoisotopic (exact) mass is 544 g/mol. The number of anilines is 1. The number of thiazole rings is 1. The smallest absolute Gasteiger partial charge is 0.270 e. The summed E-state index contributed by atoms with van der Waals surface area (Å²) in [6.45, 7) is 1.88. The van der Waals surface area contributed by atoms with Crippen molar-refractivity contribution in [2.45, 2.75) is 44.7 Å². The molecule has 5 aromatic rings. The fraction of sp³-hybridized carbons (Fsp3) is 0.241. The second-order valence-corrected chi connectivity index (χ2v) is 10.8. The summed E-state index contributed by atoms with van der Waals surface area (Å²) in [4.78, 5) is 29.4. The Morgan fingerprint density at radius 1 is 1.05 bits per heavy atom. The number of aryl methyl sites for hydroxylation is 1. The minimum absolute atomic E-state index is 0.0141. The molecule has 198 valence electrons. The number of H-pyrrole nitrogens is 1. The zero-order valence-electron chi connectivity index (χ0n) is 21.2. The van der Waals surface area contributed by atoms with Gasteiger partial charge in [0.15, 0.2) is 5.82 Å². The Morgan fingerprint density at radius 2 is 1.87 bits per heavy atom. The number of aromatic amines is 1. The maximum Gasteiger partial charge on any atom is 0.270 e. The van der Waals surface area contributed by atoms with Crippen molar-refractivity contribution in [3.8, 4) is 22.6 Å². The van der Waals surface area contributed by atoms with Crippen LogP contribution < -0.4 is 10.6 Å². The van der Waals surface area contributed by atoms with Crippen molar-refractivity contribution in [3.05, 3.63) is 82.4 Å². The minimum atomic E-state index is -0.670. The lowest BCUT2D eigenvalue weighted by Gasteiger charge is -2.30. The normalized spacial score (nSPS) is 17.3. The van der Waals surface area contributed by atoms with Crippen LogP contribution in [-0.2, 0) is 0 Å². The van der Waals surface area contributed by atoms with Crippen LogP contribution in [0, 0.1) is 18.6 Å². The predicted octanol–water partition coefficient (Wildman–Crippen LogP) is 6.49. The van der Waals surface area contributed by atoms with Gasteiger partial charge in [-0.3, -0.25) is 4.79 Å². The fourth-order valence-corrected chi connectivity index (χ4v) is 5.72. The number of carbonyl (C=O) groups is 1. The van der Waals surface area contributed by atoms with Gasteiger partial charge < -0.3 is 15.6 Å². The van der Waals surface area contributed by atoms with Crippen molar-refractivity contribution in [1.29, 1.82) is 0 Å². The maximum absolute atomic E-state index is 14.4. The molecule has 0 unspecified atom stereocenters. The number of nitrogens with one attached hydrogen (secondary N) is 3. The van der Waals surface area contributed by atoms with Crippen LogP contribution in [0.15, 0.2) is 60.1 Å². The zero-order valence-corrected chi connectivity index (χ0v) is 22.0. The van der Waals surface area contributed by atoms with Gasteiger partial charge in [0.2, 0.25) is 0 Å². The Bertz CT molecular complexity index is 1650. The van der Waals surface area contributed by atoms with E-state index < -0.39 is 11.6 Å². The summed E-state index contributed by atoms with van der Waals surface area (Å²) >= 11 is 1.46. The molecule has 3 aromatic heterocycles. The van der Waals surface area contributed by atoms with Gasteiger partial charge in [0.1, 0.15) is 23.1 Å². The molecule has 0 bridgehead atoms. The number of halogens is 2. The summed E-state index contributed by atoms with van der Waals surface area (Å²) in [7, 11) is 0. The van der Waals surface area contributed by atoms with Gasteiger partial charge in [-0.1, -0.05) is 30.3 Å². The molecule has 6 rings (SSSR count). The molecule has 1 saturated carbocycles. The molecule has 2 aromatic carbocycles. The third-order valence-electron chi connectivity index (χ3n) is 6.96. The molecule has 10 heteroatoms. The van der Waals surface area contributed by atoms with Gasteiger partial charge in [0, 0.05) is 52.3 Å². The number of aromatic nitrogens is 4. The second-order valence-electron chi connectivity index (χ2n) is 9.77. The van der Waals surface area contributed by atoms with E-state index in [1.54, 1.807) is 11.6 Å². The number of carbonyl (C=O) groups excluding carboxylic acids is 1. The first-order chi connectivity index (χ1) is 18.9. The van der Waals surface area contributed by atoms with E-state index in [1.165, 1.54) is 17.4 Å². The molecule has 39 heavy (non-hydrogen) atoms. The van der Waals surface area contributed by atoms with E-state index >= 15 is 0 Å².